The van der Waals surface area contributed by atoms with Crippen molar-refractivity contribution in [3.63, 3.8) is 0 Å². The third-order valence-electron chi connectivity index (χ3n) is 4.40. The van der Waals surface area contributed by atoms with Crippen molar-refractivity contribution in [2.75, 3.05) is 0 Å². The van der Waals surface area contributed by atoms with Crippen LogP contribution in [0.2, 0.25) is 0 Å². The van der Waals surface area contributed by atoms with Gasteiger partial charge in [0.15, 0.2) is 0 Å². The summed E-state index contributed by atoms with van der Waals surface area (Å²) in [6.45, 7) is 7.36. The Morgan fingerprint density at radius 3 is 2.54 bits per heavy atom. The molecule has 3 aromatic rings. The monoisotopic (exact) mass is 378 g/mol. The highest BCUT2D eigenvalue weighted by molar-refractivity contribution is 6.07. The molecule has 0 bridgehead atoms. The number of hydrogen-bond donors (Lipinski definition) is 1. The molecule has 0 saturated heterocycles. The largest absolute Gasteiger partial charge is 0.329 e. The van der Waals surface area contributed by atoms with E-state index < -0.39 is 17.0 Å². The highest BCUT2D eigenvalue weighted by Crippen LogP contribution is 2.19. The Balaban J connectivity index is 2.28. The van der Waals surface area contributed by atoms with Crippen molar-refractivity contribution in [1.82, 2.24) is 19.5 Å². The first kappa shape index (κ1) is 19.4. The van der Waals surface area contributed by atoms with Gasteiger partial charge in [0.2, 0.25) is 5.78 Å². The fourth-order valence-electron chi connectivity index (χ4n) is 3.25. The van der Waals surface area contributed by atoms with E-state index in [4.69, 9.17) is 0 Å². The first-order valence-electron chi connectivity index (χ1n) is 9.05. The summed E-state index contributed by atoms with van der Waals surface area (Å²) in [5, 5.41) is 0. The number of rotatable bonds is 5. The lowest BCUT2D eigenvalue weighted by molar-refractivity contribution is 0.102. The van der Waals surface area contributed by atoms with Crippen molar-refractivity contribution in [3.8, 4) is 0 Å². The standard InChI is InChI=1S/C21H22N4O3/c1-12(2)17-18(19(26)16-10-13(3)9-14(4)23-16)25(21(28)24-20(17)27)11-15-7-5-6-8-22-15/h5-10,12H,11H2,1-4H3,(H,24,27,28). The van der Waals surface area contributed by atoms with Gasteiger partial charge >= 0.3 is 5.69 Å². The molecule has 28 heavy (non-hydrogen) atoms. The van der Waals surface area contributed by atoms with E-state index in [0.717, 1.165) is 5.56 Å². The lowest BCUT2D eigenvalue weighted by Gasteiger charge is -2.17. The minimum absolute atomic E-state index is 0.0619. The van der Waals surface area contributed by atoms with Crippen LogP contribution in [0, 0.1) is 13.8 Å². The summed E-state index contributed by atoms with van der Waals surface area (Å²) in [6.07, 6.45) is 1.61. The number of ketones is 1. The van der Waals surface area contributed by atoms with Crippen molar-refractivity contribution in [1.29, 1.82) is 0 Å². The highest BCUT2D eigenvalue weighted by atomic mass is 16.2. The molecule has 0 saturated carbocycles. The average Bonchev–Trinajstić information content (AvgIpc) is 2.62. The SMILES string of the molecule is Cc1cc(C)nc(C(=O)c2c(C(C)C)c(=O)[nH]c(=O)n2Cc2ccccn2)c1. The van der Waals surface area contributed by atoms with Crippen LogP contribution in [-0.2, 0) is 6.54 Å². The van der Waals surface area contributed by atoms with Gasteiger partial charge in [-0.3, -0.25) is 24.1 Å². The van der Waals surface area contributed by atoms with E-state index in [9.17, 15) is 14.4 Å². The number of aromatic amines is 1. The van der Waals surface area contributed by atoms with Gasteiger partial charge in [0, 0.05) is 17.5 Å². The summed E-state index contributed by atoms with van der Waals surface area (Å²) in [7, 11) is 0. The second-order valence-corrected chi connectivity index (χ2v) is 7.08. The third-order valence-corrected chi connectivity index (χ3v) is 4.40. The summed E-state index contributed by atoms with van der Waals surface area (Å²) in [6, 6.07) is 8.85. The number of pyridine rings is 2. The zero-order valence-corrected chi connectivity index (χ0v) is 16.3. The second kappa shape index (κ2) is 7.72. The van der Waals surface area contributed by atoms with E-state index in [1.165, 1.54) is 4.57 Å². The lowest BCUT2D eigenvalue weighted by atomic mass is 9.98. The Labute approximate surface area is 162 Å². The predicted molar refractivity (Wildman–Crippen MR) is 106 cm³/mol. The summed E-state index contributed by atoms with van der Waals surface area (Å²) in [5.41, 5.74) is 1.52. The molecule has 0 aliphatic heterocycles. The van der Waals surface area contributed by atoms with E-state index in [0.29, 0.717) is 11.4 Å². The molecule has 144 valence electrons. The van der Waals surface area contributed by atoms with Crippen LogP contribution < -0.4 is 11.2 Å². The summed E-state index contributed by atoms with van der Waals surface area (Å²) in [5.74, 6) is -0.709. The number of aromatic nitrogens is 4. The minimum atomic E-state index is -0.646. The number of carbonyl (C=O) groups is 1. The smallest absolute Gasteiger partial charge is 0.285 e. The first-order valence-corrected chi connectivity index (χ1v) is 9.05. The number of carbonyl (C=O) groups excluding carboxylic acids is 1. The highest BCUT2D eigenvalue weighted by Gasteiger charge is 2.25. The molecule has 0 fully saturated rings. The normalized spacial score (nSPS) is 11.0. The van der Waals surface area contributed by atoms with Gasteiger partial charge in [0.25, 0.3) is 5.56 Å². The molecule has 0 amide bonds. The molecule has 0 aliphatic rings. The molecule has 0 unspecified atom stereocenters. The topological polar surface area (TPSA) is 97.7 Å². The molecular formula is C21H22N4O3. The molecule has 0 atom stereocenters. The van der Waals surface area contributed by atoms with Crippen LogP contribution >= 0.6 is 0 Å². The summed E-state index contributed by atoms with van der Waals surface area (Å²) < 4.78 is 1.28. The minimum Gasteiger partial charge on any atom is -0.285 e. The number of hydrogen-bond acceptors (Lipinski definition) is 5. The molecule has 3 aromatic heterocycles. The molecule has 7 nitrogen and oxygen atoms in total. The zero-order valence-electron chi connectivity index (χ0n) is 16.3. The van der Waals surface area contributed by atoms with Gasteiger partial charge in [-0.1, -0.05) is 19.9 Å². The first-order chi connectivity index (χ1) is 13.3. The van der Waals surface area contributed by atoms with Crippen LogP contribution in [0.1, 0.15) is 58.5 Å². The molecule has 1 N–H and O–H groups in total. The summed E-state index contributed by atoms with van der Waals surface area (Å²) in [4.78, 5) is 49.4. The van der Waals surface area contributed by atoms with Crippen LogP contribution in [0.5, 0.6) is 0 Å². The van der Waals surface area contributed by atoms with Crippen LogP contribution in [0.15, 0.2) is 46.1 Å². The molecular weight excluding hydrogens is 356 g/mol. The van der Waals surface area contributed by atoms with E-state index in [1.54, 1.807) is 37.4 Å². The maximum Gasteiger partial charge on any atom is 0.329 e. The van der Waals surface area contributed by atoms with Gasteiger partial charge in [-0.25, -0.2) is 9.78 Å². The Bertz CT molecular complexity index is 1120. The van der Waals surface area contributed by atoms with E-state index in [1.807, 2.05) is 26.8 Å². The second-order valence-electron chi connectivity index (χ2n) is 7.08. The van der Waals surface area contributed by atoms with Gasteiger partial charge in [-0.15, -0.1) is 0 Å². The average molecular weight is 378 g/mol. The summed E-state index contributed by atoms with van der Waals surface area (Å²) >= 11 is 0. The van der Waals surface area contributed by atoms with E-state index in [2.05, 4.69) is 15.0 Å². The van der Waals surface area contributed by atoms with E-state index >= 15 is 0 Å². The Hall–Kier alpha value is -3.35. The quantitative estimate of drug-likeness (QED) is 0.687. The predicted octanol–water partition coefficient (Wildman–Crippen LogP) is 2.35. The Morgan fingerprint density at radius 2 is 1.93 bits per heavy atom. The number of aryl methyl sites for hydroxylation is 2. The third kappa shape index (κ3) is 3.83. The molecule has 3 heterocycles. The fraction of sp³-hybridized carbons (Fsp3) is 0.286. The van der Waals surface area contributed by atoms with Crippen molar-refractivity contribution >= 4 is 5.78 Å². The van der Waals surface area contributed by atoms with Crippen LogP contribution in [0.3, 0.4) is 0 Å². The molecule has 7 heteroatoms. The molecule has 0 radical (unpaired) electrons. The van der Waals surface area contributed by atoms with Gasteiger partial charge in [-0.05, 0) is 49.6 Å². The van der Waals surface area contributed by atoms with Crippen molar-refractivity contribution in [2.45, 2.75) is 40.2 Å². The van der Waals surface area contributed by atoms with E-state index in [-0.39, 0.29) is 29.4 Å². The number of nitrogens with one attached hydrogen (secondary N) is 1. The molecule has 3 rings (SSSR count). The van der Waals surface area contributed by atoms with Crippen LogP contribution in [0.25, 0.3) is 0 Å². The maximum absolute atomic E-state index is 13.4. The molecule has 0 aromatic carbocycles. The maximum atomic E-state index is 13.4. The van der Waals surface area contributed by atoms with Gasteiger partial charge < -0.3 is 0 Å². The van der Waals surface area contributed by atoms with Gasteiger partial charge in [0.1, 0.15) is 11.4 Å². The molecule has 0 spiro atoms. The van der Waals surface area contributed by atoms with Crippen molar-refractivity contribution in [3.05, 3.63) is 91.3 Å². The van der Waals surface area contributed by atoms with Crippen LogP contribution in [0.4, 0.5) is 0 Å². The Kier molecular flexibility index (Phi) is 5.35. The van der Waals surface area contributed by atoms with Crippen molar-refractivity contribution in [2.24, 2.45) is 0 Å². The zero-order chi connectivity index (χ0) is 20.4. The molecule has 0 aliphatic carbocycles. The van der Waals surface area contributed by atoms with Gasteiger partial charge in [0.05, 0.1) is 12.2 Å². The number of H-pyrrole nitrogens is 1. The fourth-order valence-corrected chi connectivity index (χ4v) is 3.25. The number of nitrogens with zero attached hydrogens (tertiary/aromatic N) is 3. The van der Waals surface area contributed by atoms with Crippen LogP contribution in [-0.4, -0.2) is 25.3 Å². The van der Waals surface area contributed by atoms with Gasteiger partial charge in [-0.2, -0.15) is 0 Å². The van der Waals surface area contributed by atoms with Crippen molar-refractivity contribution < 1.29 is 4.79 Å². The Morgan fingerprint density at radius 1 is 1.18 bits per heavy atom. The lowest BCUT2D eigenvalue weighted by Crippen LogP contribution is -2.38.